The first-order valence-electron chi connectivity index (χ1n) is 9.74. The fourth-order valence-corrected chi connectivity index (χ4v) is 5.06. The van der Waals surface area contributed by atoms with Crippen molar-refractivity contribution in [3.63, 3.8) is 0 Å². The number of carbonyl (C=O) groups excluding carboxylic acids is 1. The third-order valence-electron chi connectivity index (χ3n) is 5.23. The van der Waals surface area contributed by atoms with Crippen LogP contribution in [0, 0.1) is 26.6 Å². The predicted molar refractivity (Wildman–Crippen MR) is 117 cm³/mol. The van der Waals surface area contributed by atoms with Crippen LogP contribution in [0.15, 0.2) is 58.3 Å². The number of aromatic nitrogens is 1. The average molecular weight is 445 g/mol. The molecule has 1 amide bonds. The third-order valence-corrected chi connectivity index (χ3v) is 7.16. The Kier molecular flexibility index (Phi) is 6.62. The van der Waals surface area contributed by atoms with E-state index in [9.17, 15) is 17.6 Å². The Morgan fingerprint density at radius 2 is 1.65 bits per heavy atom. The van der Waals surface area contributed by atoms with E-state index in [1.807, 2.05) is 19.1 Å². The minimum atomic E-state index is -4.02. The lowest BCUT2D eigenvalue weighted by Crippen LogP contribution is -2.19. The van der Waals surface area contributed by atoms with Gasteiger partial charge in [0.1, 0.15) is 16.5 Å². The van der Waals surface area contributed by atoms with Gasteiger partial charge in [-0.25, -0.2) is 12.8 Å². The van der Waals surface area contributed by atoms with Crippen molar-refractivity contribution in [3.8, 4) is 0 Å². The van der Waals surface area contributed by atoms with Crippen LogP contribution in [0.3, 0.4) is 0 Å². The molecule has 6 nitrogen and oxygen atoms in total. The van der Waals surface area contributed by atoms with E-state index in [2.05, 4.69) is 5.32 Å². The number of halogens is 1. The van der Waals surface area contributed by atoms with E-state index >= 15 is 0 Å². The number of carbonyl (C=O) groups is 1. The lowest BCUT2D eigenvalue weighted by molar-refractivity contribution is 0.102. The second-order valence-corrected chi connectivity index (χ2v) is 9.20. The van der Waals surface area contributed by atoms with Gasteiger partial charge in [-0.05, 0) is 62.7 Å². The first kappa shape index (κ1) is 22.7. The number of hydrogen-bond acceptors (Lipinski definition) is 4. The van der Waals surface area contributed by atoms with Crippen molar-refractivity contribution in [1.29, 1.82) is 0 Å². The van der Waals surface area contributed by atoms with Crippen LogP contribution in [-0.2, 0) is 21.1 Å². The van der Waals surface area contributed by atoms with Gasteiger partial charge in [0, 0.05) is 24.9 Å². The van der Waals surface area contributed by atoms with Crippen molar-refractivity contribution in [2.75, 3.05) is 19.0 Å². The number of aryl methyl sites for hydroxylation is 1. The van der Waals surface area contributed by atoms with E-state index in [1.165, 1.54) is 12.1 Å². The maximum absolute atomic E-state index is 13.5. The minimum Gasteiger partial charge on any atom is -0.383 e. The molecule has 0 aliphatic heterocycles. The second-order valence-electron chi connectivity index (χ2n) is 7.31. The first-order valence-corrected chi connectivity index (χ1v) is 11.2. The van der Waals surface area contributed by atoms with Gasteiger partial charge in [-0.1, -0.05) is 17.7 Å². The molecule has 0 unspecified atom stereocenters. The smallest absolute Gasteiger partial charge is 0.256 e. The molecule has 1 heterocycles. The summed E-state index contributed by atoms with van der Waals surface area (Å²) in [5.74, 6) is -0.786. The number of nitrogens with one attached hydrogen (secondary N) is 1. The van der Waals surface area contributed by atoms with Crippen LogP contribution in [0.2, 0.25) is 0 Å². The minimum absolute atomic E-state index is 0.00632. The second kappa shape index (κ2) is 9.03. The van der Waals surface area contributed by atoms with Gasteiger partial charge in [0.05, 0.1) is 11.5 Å². The van der Waals surface area contributed by atoms with E-state index in [1.54, 1.807) is 37.7 Å². The largest absolute Gasteiger partial charge is 0.383 e. The highest BCUT2D eigenvalue weighted by atomic mass is 32.2. The van der Waals surface area contributed by atoms with Crippen LogP contribution in [0.4, 0.5) is 10.2 Å². The molecule has 1 N–H and O–H groups in total. The molecule has 31 heavy (non-hydrogen) atoms. The monoisotopic (exact) mass is 444 g/mol. The van der Waals surface area contributed by atoms with Gasteiger partial charge in [-0.2, -0.15) is 0 Å². The van der Waals surface area contributed by atoms with Crippen molar-refractivity contribution in [2.45, 2.75) is 37.1 Å². The molecule has 0 atom stereocenters. The Morgan fingerprint density at radius 3 is 2.23 bits per heavy atom. The van der Waals surface area contributed by atoms with Crippen LogP contribution in [-0.4, -0.2) is 32.6 Å². The normalized spacial score (nSPS) is 11.5. The van der Waals surface area contributed by atoms with Crippen LogP contribution in [0.5, 0.6) is 0 Å². The Hall–Kier alpha value is -2.97. The number of anilines is 1. The molecule has 0 saturated heterocycles. The lowest BCUT2D eigenvalue weighted by Gasteiger charge is -2.14. The average Bonchev–Trinajstić information content (AvgIpc) is 2.97. The van der Waals surface area contributed by atoms with Gasteiger partial charge in [0.25, 0.3) is 5.91 Å². The zero-order chi connectivity index (χ0) is 22.8. The van der Waals surface area contributed by atoms with Gasteiger partial charge < -0.3 is 14.6 Å². The predicted octanol–water partition coefficient (Wildman–Crippen LogP) is 4.28. The molecular formula is C23H25FN2O4S. The molecule has 0 aliphatic rings. The van der Waals surface area contributed by atoms with Crippen LogP contribution in [0.25, 0.3) is 0 Å². The Bertz CT molecular complexity index is 1200. The molecule has 0 bridgehead atoms. The number of methoxy groups -OCH3 is 1. The van der Waals surface area contributed by atoms with Gasteiger partial charge in [-0.3, -0.25) is 4.79 Å². The van der Waals surface area contributed by atoms with Crippen molar-refractivity contribution in [3.05, 3.63) is 76.7 Å². The number of amides is 1. The first-order chi connectivity index (χ1) is 14.7. The van der Waals surface area contributed by atoms with E-state index < -0.39 is 21.6 Å². The number of rotatable bonds is 7. The van der Waals surface area contributed by atoms with Gasteiger partial charge in [0.15, 0.2) is 0 Å². The summed E-state index contributed by atoms with van der Waals surface area (Å²) in [4.78, 5) is 12.9. The topological polar surface area (TPSA) is 77.4 Å². The van der Waals surface area contributed by atoms with Crippen molar-refractivity contribution in [2.24, 2.45) is 0 Å². The van der Waals surface area contributed by atoms with E-state index in [-0.39, 0.29) is 15.6 Å². The molecule has 0 radical (unpaired) electrons. The molecule has 2 aromatic carbocycles. The summed E-state index contributed by atoms with van der Waals surface area (Å²) >= 11 is 0. The van der Waals surface area contributed by atoms with E-state index in [4.69, 9.17) is 4.74 Å². The van der Waals surface area contributed by atoms with Crippen molar-refractivity contribution >= 4 is 21.6 Å². The SMILES string of the molecule is COCCn1c(C)c(C)c(S(=O)(=O)c2ccc(F)cc2)c1NC(=O)c1ccc(C)cc1. The molecule has 164 valence electrons. The molecule has 0 spiro atoms. The zero-order valence-electron chi connectivity index (χ0n) is 17.9. The maximum atomic E-state index is 13.5. The Labute approximate surface area is 181 Å². The molecule has 0 fully saturated rings. The molecule has 0 saturated carbocycles. The molecule has 3 rings (SSSR count). The Balaban J connectivity index is 2.15. The standard InChI is InChI=1S/C23H25FN2O4S/c1-15-5-7-18(8-6-15)23(27)25-22-21(16(2)17(3)26(22)13-14-30-4)31(28,29)20-11-9-19(24)10-12-20/h5-12H,13-14H2,1-4H3,(H,25,27). The van der Waals surface area contributed by atoms with E-state index in [0.717, 1.165) is 17.7 Å². The van der Waals surface area contributed by atoms with Crippen LogP contribution in [0.1, 0.15) is 27.2 Å². The van der Waals surface area contributed by atoms with Crippen molar-refractivity contribution < 1.29 is 22.3 Å². The number of ether oxygens (including phenoxy) is 1. The molecule has 3 aromatic rings. The summed E-state index contributed by atoms with van der Waals surface area (Å²) in [6.45, 7) is 6.08. The number of sulfone groups is 1. The molecule has 8 heteroatoms. The number of nitrogens with zero attached hydrogens (tertiary/aromatic N) is 1. The summed E-state index contributed by atoms with van der Waals surface area (Å²) in [6.07, 6.45) is 0. The van der Waals surface area contributed by atoms with Crippen molar-refractivity contribution in [1.82, 2.24) is 4.57 Å². The molecular weight excluding hydrogens is 419 g/mol. The summed E-state index contributed by atoms with van der Waals surface area (Å²) < 4.78 is 47.2. The van der Waals surface area contributed by atoms with E-state index in [0.29, 0.717) is 30.0 Å². The van der Waals surface area contributed by atoms with Crippen LogP contribution < -0.4 is 5.32 Å². The maximum Gasteiger partial charge on any atom is 0.256 e. The number of benzene rings is 2. The number of hydrogen-bond donors (Lipinski definition) is 1. The highest BCUT2D eigenvalue weighted by Gasteiger charge is 2.30. The molecule has 0 aliphatic carbocycles. The fraction of sp³-hybridized carbons (Fsp3) is 0.261. The highest BCUT2D eigenvalue weighted by Crippen LogP contribution is 2.35. The third kappa shape index (κ3) is 4.55. The fourth-order valence-electron chi connectivity index (χ4n) is 3.37. The highest BCUT2D eigenvalue weighted by molar-refractivity contribution is 7.91. The summed E-state index contributed by atoms with van der Waals surface area (Å²) in [5, 5.41) is 2.79. The van der Waals surface area contributed by atoms with Crippen LogP contribution >= 0.6 is 0 Å². The summed E-state index contributed by atoms with van der Waals surface area (Å²) in [7, 11) is -2.47. The van der Waals surface area contributed by atoms with Gasteiger partial charge >= 0.3 is 0 Å². The quantitative estimate of drug-likeness (QED) is 0.552. The Morgan fingerprint density at radius 1 is 1.03 bits per heavy atom. The lowest BCUT2D eigenvalue weighted by atomic mass is 10.1. The summed E-state index contributed by atoms with van der Waals surface area (Å²) in [6, 6.07) is 11.6. The van der Waals surface area contributed by atoms with Gasteiger partial charge in [0.2, 0.25) is 9.84 Å². The molecule has 1 aromatic heterocycles. The zero-order valence-corrected chi connectivity index (χ0v) is 18.7. The summed E-state index contributed by atoms with van der Waals surface area (Å²) in [5.41, 5.74) is 2.62. The van der Waals surface area contributed by atoms with Gasteiger partial charge in [-0.15, -0.1) is 0 Å².